The topological polar surface area (TPSA) is 82.5 Å². The Morgan fingerprint density at radius 3 is 2.74 bits per heavy atom. The Labute approximate surface area is 115 Å². The Kier molecular flexibility index (Phi) is 3.26. The minimum absolute atomic E-state index is 0.0449. The summed E-state index contributed by atoms with van der Waals surface area (Å²) in [6.07, 6.45) is 2.32. The molecular weight excluding hydrogens is 264 g/mol. The molecule has 0 aliphatic heterocycles. The van der Waals surface area contributed by atoms with Crippen LogP contribution in [0, 0.1) is 0 Å². The van der Waals surface area contributed by atoms with Gasteiger partial charge in [0.05, 0.1) is 11.3 Å². The van der Waals surface area contributed by atoms with E-state index in [2.05, 4.69) is 25.7 Å². The fourth-order valence-corrected chi connectivity index (χ4v) is 2.56. The fourth-order valence-electron chi connectivity index (χ4n) is 1.67. The minimum atomic E-state index is 0.0449. The van der Waals surface area contributed by atoms with Gasteiger partial charge in [-0.15, -0.1) is 5.10 Å². The second-order valence-electron chi connectivity index (χ2n) is 5.04. The lowest BCUT2D eigenvalue weighted by molar-refractivity contribution is 0.372. The molecule has 0 amide bonds. The van der Waals surface area contributed by atoms with Gasteiger partial charge in [0.15, 0.2) is 5.82 Å². The molecule has 1 saturated carbocycles. The molecule has 2 aromatic heterocycles. The second-order valence-corrected chi connectivity index (χ2v) is 6.35. The van der Waals surface area contributed by atoms with Crippen LogP contribution in [0.25, 0.3) is 0 Å². The molecule has 0 radical (unpaired) electrons. The van der Waals surface area contributed by atoms with Gasteiger partial charge in [-0.3, -0.25) is 0 Å². The van der Waals surface area contributed by atoms with Crippen LogP contribution in [0.4, 0.5) is 0 Å². The van der Waals surface area contributed by atoms with Crippen molar-refractivity contribution in [3.63, 3.8) is 0 Å². The monoisotopic (exact) mass is 280 g/mol. The van der Waals surface area contributed by atoms with Crippen molar-refractivity contribution in [2.24, 2.45) is 0 Å². The van der Waals surface area contributed by atoms with Gasteiger partial charge in [0, 0.05) is 5.92 Å². The largest absolute Gasteiger partial charge is 0.338 e. The lowest BCUT2D eigenvalue weighted by Crippen LogP contribution is -2.00. The molecule has 7 nitrogen and oxygen atoms in total. The Morgan fingerprint density at radius 1 is 1.32 bits per heavy atom. The molecule has 3 rings (SSSR count). The smallest absolute Gasteiger partial charge is 0.239 e. The normalized spacial score (nSPS) is 17.1. The van der Waals surface area contributed by atoms with Crippen LogP contribution in [0.3, 0.4) is 0 Å². The molecule has 0 bridgehead atoms. The average Bonchev–Trinajstić information content (AvgIpc) is 2.93. The molecule has 0 aromatic carbocycles. The number of nitrogens with zero attached hydrogens (tertiary/aromatic N) is 6. The van der Waals surface area contributed by atoms with Gasteiger partial charge in [0.1, 0.15) is 0 Å². The van der Waals surface area contributed by atoms with Crippen LogP contribution >= 0.6 is 11.8 Å². The summed E-state index contributed by atoms with van der Waals surface area (Å²) in [6, 6.07) is 0.471. The molecule has 8 heteroatoms. The lowest BCUT2D eigenvalue weighted by atomic mass is 10.2. The van der Waals surface area contributed by atoms with Crippen molar-refractivity contribution in [1.29, 1.82) is 0 Å². The van der Waals surface area contributed by atoms with E-state index in [1.165, 1.54) is 0 Å². The predicted octanol–water partition coefficient (Wildman–Crippen LogP) is 2.37. The highest BCUT2D eigenvalue weighted by Gasteiger charge is 2.29. The van der Waals surface area contributed by atoms with Gasteiger partial charge in [-0.1, -0.05) is 30.8 Å². The SMILES string of the molecule is CC(C)c1noc(C(C)Sc2nnnn2C2CC2)n1. The molecule has 1 aliphatic carbocycles. The van der Waals surface area contributed by atoms with Crippen molar-refractivity contribution < 1.29 is 4.52 Å². The van der Waals surface area contributed by atoms with Gasteiger partial charge in [-0.2, -0.15) is 4.98 Å². The zero-order valence-electron chi connectivity index (χ0n) is 11.1. The van der Waals surface area contributed by atoms with E-state index in [4.69, 9.17) is 4.52 Å². The van der Waals surface area contributed by atoms with Gasteiger partial charge in [0.2, 0.25) is 11.0 Å². The minimum Gasteiger partial charge on any atom is -0.338 e. The van der Waals surface area contributed by atoms with E-state index in [1.807, 2.05) is 25.5 Å². The van der Waals surface area contributed by atoms with Crippen molar-refractivity contribution in [3.8, 4) is 0 Å². The molecule has 102 valence electrons. The Bertz CT molecular complexity index is 561. The van der Waals surface area contributed by atoms with E-state index < -0.39 is 0 Å². The summed E-state index contributed by atoms with van der Waals surface area (Å²) in [7, 11) is 0. The van der Waals surface area contributed by atoms with Gasteiger partial charge in [-0.25, -0.2) is 4.68 Å². The molecule has 19 heavy (non-hydrogen) atoms. The van der Waals surface area contributed by atoms with E-state index in [-0.39, 0.29) is 11.2 Å². The van der Waals surface area contributed by atoms with Gasteiger partial charge >= 0.3 is 0 Å². The van der Waals surface area contributed by atoms with Gasteiger partial charge in [0.25, 0.3) is 0 Å². The Hall–Kier alpha value is -1.44. The molecule has 1 unspecified atom stereocenters. The fraction of sp³-hybridized carbons (Fsp3) is 0.727. The van der Waals surface area contributed by atoms with Crippen LogP contribution in [0.2, 0.25) is 0 Å². The Balaban J connectivity index is 1.72. The quantitative estimate of drug-likeness (QED) is 0.777. The van der Waals surface area contributed by atoms with Crippen molar-refractivity contribution in [1.82, 2.24) is 30.3 Å². The molecule has 0 N–H and O–H groups in total. The van der Waals surface area contributed by atoms with Crippen LogP contribution in [0.5, 0.6) is 0 Å². The first-order chi connectivity index (χ1) is 9.15. The molecule has 1 aliphatic rings. The summed E-state index contributed by atoms with van der Waals surface area (Å²) in [6.45, 7) is 6.11. The third-order valence-corrected chi connectivity index (χ3v) is 3.99. The predicted molar refractivity (Wildman–Crippen MR) is 68.7 cm³/mol. The van der Waals surface area contributed by atoms with Gasteiger partial charge < -0.3 is 4.52 Å². The number of rotatable bonds is 5. The zero-order valence-corrected chi connectivity index (χ0v) is 12.0. The molecule has 1 fully saturated rings. The third kappa shape index (κ3) is 2.63. The molecule has 1 atom stereocenters. The highest BCUT2D eigenvalue weighted by atomic mass is 32.2. The number of tetrazole rings is 1. The first-order valence-corrected chi connectivity index (χ1v) is 7.31. The van der Waals surface area contributed by atoms with E-state index in [9.17, 15) is 0 Å². The highest BCUT2D eigenvalue weighted by molar-refractivity contribution is 7.99. The maximum Gasteiger partial charge on any atom is 0.239 e. The zero-order chi connectivity index (χ0) is 13.4. The summed E-state index contributed by atoms with van der Waals surface area (Å²) in [5.41, 5.74) is 0. The van der Waals surface area contributed by atoms with Crippen molar-refractivity contribution >= 4 is 11.8 Å². The van der Waals surface area contributed by atoms with Crippen molar-refractivity contribution in [2.75, 3.05) is 0 Å². The molecular formula is C11H16N6OS. The first kappa shape index (κ1) is 12.6. The summed E-state index contributed by atoms with van der Waals surface area (Å²) in [5.74, 6) is 1.63. The number of hydrogen-bond donors (Lipinski definition) is 0. The molecule has 0 spiro atoms. The van der Waals surface area contributed by atoms with Crippen molar-refractivity contribution in [3.05, 3.63) is 11.7 Å². The summed E-state index contributed by atoms with van der Waals surface area (Å²) < 4.78 is 7.18. The van der Waals surface area contributed by atoms with E-state index in [0.717, 1.165) is 23.8 Å². The number of thioether (sulfide) groups is 1. The standard InChI is InChI=1S/C11H16N6OS/c1-6(2)9-12-10(18-14-9)7(3)19-11-13-15-16-17(11)8-4-5-8/h6-8H,4-5H2,1-3H3. The Morgan fingerprint density at radius 2 is 2.11 bits per heavy atom. The van der Waals surface area contributed by atoms with E-state index in [1.54, 1.807) is 11.8 Å². The summed E-state index contributed by atoms with van der Waals surface area (Å²) >= 11 is 1.55. The molecule has 2 aromatic rings. The van der Waals surface area contributed by atoms with E-state index >= 15 is 0 Å². The molecule has 0 saturated heterocycles. The second kappa shape index (κ2) is 4.92. The average molecular weight is 280 g/mol. The van der Waals surface area contributed by atoms with Crippen LogP contribution in [0.15, 0.2) is 9.68 Å². The van der Waals surface area contributed by atoms with Crippen LogP contribution < -0.4 is 0 Å². The van der Waals surface area contributed by atoms with Gasteiger partial charge in [-0.05, 0) is 30.2 Å². The maximum atomic E-state index is 5.29. The first-order valence-electron chi connectivity index (χ1n) is 6.43. The summed E-state index contributed by atoms with van der Waals surface area (Å²) in [4.78, 5) is 4.40. The third-order valence-electron chi connectivity index (χ3n) is 2.96. The lowest BCUT2D eigenvalue weighted by Gasteiger charge is -2.05. The van der Waals surface area contributed by atoms with E-state index in [0.29, 0.717) is 11.9 Å². The van der Waals surface area contributed by atoms with Crippen LogP contribution in [-0.4, -0.2) is 30.3 Å². The summed E-state index contributed by atoms with van der Waals surface area (Å²) in [5, 5.41) is 16.7. The van der Waals surface area contributed by atoms with Crippen LogP contribution in [0.1, 0.15) is 62.5 Å². The van der Waals surface area contributed by atoms with Crippen molar-refractivity contribution in [2.45, 2.75) is 56.0 Å². The number of aromatic nitrogens is 6. The maximum absolute atomic E-state index is 5.29. The molecule has 2 heterocycles. The highest BCUT2D eigenvalue weighted by Crippen LogP contribution is 2.39. The number of hydrogen-bond acceptors (Lipinski definition) is 7. The van der Waals surface area contributed by atoms with Crippen LogP contribution in [-0.2, 0) is 0 Å².